The first kappa shape index (κ1) is 15.0. The monoisotopic (exact) mass is 346 g/mol. The number of hydrogen-bond acceptors (Lipinski definition) is 3. The van der Waals surface area contributed by atoms with Crippen LogP contribution in [0, 0.1) is 5.92 Å². The topological polar surface area (TPSA) is 63.4 Å². The molecule has 0 unspecified atom stereocenters. The van der Waals surface area contributed by atoms with Gasteiger partial charge in [0.1, 0.15) is 0 Å². The van der Waals surface area contributed by atoms with E-state index in [1.165, 1.54) is 0 Å². The molecule has 0 aliphatic carbocycles. The minimum atomic E-state index is -3.48. The lowest BCUT2D eigenvalue weighted by Crippen LogP contribution is -2.51. The third-order valence-electron chi connectivity index (χ3n) is 3.73. The van der Waals surface area contributed by atoms with Crippen LogP contribution >= 0.6 is 15.9 Å². The lowest BCUT2D eigenvalue weighted by molar-refractivity contribution is 0.192. The van der Waals surface area contributed by atoms with Crippen molar-refractivity contribution in [3.63, 3.8) is 0 Å². The molecular weight excluding hydrogens is 328 g/mol. The smallest absolute Gasteiger partial charge is 0.244 e. The fourth-order valence-electron chi connectivity index (χ4n) is 2.64. The zero-order chi connectivity index (χ0) is 14.0. The van der Waals surface area contributed by atoms with Crippen molar-refractivity contribution in [1.82, 2.24) is 4.31 Å². The van der Waals surface area contributed by atoms with Gasteiger partial charge >= 0.3 is 0 Å². The zero-order valence-corrected chi connectivity index (χ0v) is 13.3. The van der Waals surface area contributed by atoms with Crippen molar-refractivity contribution < 1.29 is 8.42 Å². The first-order valence-electron chi connectivity index (χ1n) is 6.45. The molecule has 106 valence electrons. The number of nitrogens with zero attached hydrogens (tertiary/aromatic N) is 1. The van der Waals surface area contributed by atoms with E-state index in [4.69, 9.17) is 5.73 Å². The molecule has 1 fully saturated rings. The average molecular weight is 347 g/mol. The summed E-state index contributed by atoms with van der Waals surface area (Å²) in [5, 5.41) is 0. The van der Waals surface area contributed by atoms with E-state index >= 15 is 0 Å². The molecule has 0 spiro atoms. The van der Waals surface area contributed by atoms with Crippen LogP contribution in [0.3, 0.4) is 0 Å². The Morgan fingerprint density at radius 3 is 2.74 bits per heavy atom. The van der Waals surface area contributed by atoms with Gasteiger partial charge in [-0.2, -0.15) is 4.31 Å². The second-order valence-corrected chi connectivity index (χ2v) is 7.68. The molecule has 1 heterocycles. The third-order valence-corrected chi connectivity index (χ3v) is 6.67. The quantitative estimate of drug-likeness (QED) is 0.912. The molecule has 1 aliphatic heterocycles. The van der Waals surface area contributed by atoms with Gasteiger partial charge in [-0.1, -0.05) is 19.1 Å². The molecule has 2 N–H and O–H groups in total. The minimum absolute atomic E-state index is 0.106. The van der Waals surface area contributed by atoms with E-state index in [9.17, 15) is 8.42 Å². The van der Waals surface area contributed by atoms with Gasteiger partial charge in [0.15, 0.2) is 0 Å². The Kier molecular flexibility index (Phi) is 4.66. The van der Waals surface area contributed by atoms with E-state index in [2.05, 4.69) is 22.9 Å². The van der Waals surface area contributed by atoms with Gasteiger partial charge in [0.2, 0.25) is 10.0 Å². The molecule has 0 bridgehead atoms. The van der Waals surface area contributed by atoms with E-state index in [0.29, 0.717) is 28.4 Å². The van der Waals surface area contributed by atoms with Gasteiger partial charge in [0, 0.05) is 23.6 Å². The van der Waals surface area contributed by atoms with Gasteiger partial charge in [0.05, 0.1) is 4.90 Å². The van der Waals surface area contributed by atoms with Crippen molar-refractivity contribution in [2.75, 3.05) is 13.1 Å². The summed E-state index contributed by atoms with van der Waals surface area (Å²) in [5.41, 5.74) is 5.78. The molecule has 0 radical (unpaired) electrons. The lowest BCUT2D eigenvalue weighted by atomic mass is 9.93. The Balaban J connectivity index is 2.41. The number of nitrogens with two attached hydrogens (primary N) is 1. The summed E-state index contributed by atoms with van der Waals surface area (Å²) in [6, 6.07) is 6.82. The predicted octanol–water partition coefficient (Wildman–Crippen LogP) is 2.20. The van der Waals surface area contributed by atoms with Crippen LogP contribution in [0.5, 0.6) is 0 Å². The van der Waals surface area contributed by atoms with Crippen LogP contribution in [0.1, 0.15) is 19.8 Å². The number of halogens is 1. The van der Waals surface area contributed by atoms with E-state index in [-0.39, 0.29) is 6.04 Å². The van der Waals surface area contributed by atoms with Gasteiger partial charge in [-0.05, 0) is 46.8 Å². The number of piperidine rings is 1. The normalized spacial score (nSPS) is 25.4. The van der Waals surface area contributed by atoms with E-state index < -0.39 is 10.0 Å². The summed E-state index contributed by atoms with van der Waals surface area (Å²) < 4.78 is 27.7. The van der Waals surface area contributed by atoms with Crippen LogP contribution < -0.4 is 5.73 Å². The molecule has 2 rings (SSSR count). The van der Waals surface area contributed by atoms with Crippen LogP contribution in [0.25, 0.3) is 0 Å². The molecule has 0 aromatic heterocycles. The molecule has 0 saturated carbocycles. The SMILES string of the molecule is C[C@H]1CCCN(S(=O)(=O)c2ccccc2Br)[C@H]1CN. The lowest BCUT2D eigenvalue weighted by Gasteiger charge is -2.38. The highest BCUT2D eigenvalue weighted by Gasteiger charge is 2.37. The standard InChI is InChI=1S/C13H19BrN2O2S/c1-10-5-4-8-16(12(10)9-15)19(17,18)13-7-3-2-6-11(13)14/h2-3,6-7,10,12H,4-5,8-9,15H2,1H3/t10-,12-/m0/s1. The van der Waals surface area contributed by atoms with Crippen molar-refractivity contribution in [2.24, 2.45) is 11.7 Å². The van der Waals surface area contributed by atoms with Gasteiger partial charge in [-0.25, -0.2) is 8.42 Å². The summed E-state index contributed by atoms with van der Waals surface area (Å²) in [7, 11) is -3.48. The summed E-state index contributed by atoms with van der Waals surface area (Å²) in [6.45, 7) is 2.99. The first-order chi connectivity index (χ1) is 8.98. The second-order valence-electron chi connectivity index (χ2n) is 4.97. The number of rotatable bonds is 3. The highest BCUT2D eigenvalue weighted by atomic mass is 79.9. The average Bonchev–Trinajstić information content (AvgIpc) is 2.38. The van der Waals surface area contributed by atoms with Crippen LogP contribution in [0.2, 0.25) is 0 Å². The minimum Gasteiger partial charge on any atom is -0.329 e. The summed E-state index contributed by atoms with van der Waals surface area (Å²) in [6.07, 6.45) is 1.92. The molecule has 1 aromatic rings. The van der Waals surface area contributed by atoms with Gasteiger partial charge in [-0.3, -0.25) is 0 Å². The first-order valence-corrected chi connectivity index (χ1v) is 8.68. The third kappa shape index (κ3) is 2.86. The molecule has 2 atom stereocenters. The molecule has 1 aromatic carbocycles. The van der Waals surface area contributed by atoms with Crippen molar-refractivity contribution >= 4 is 26.0 Å². The zero-order valence-electron chi connectivity index (χ0n) is 10.9. The summed E-state index contributed by atoms with van der Waals surface area (Å²) in [4.78, 5) is 0.322. The van der Waals surface area contributed by atoms with Crippen molar-refractivity contribution in [3.05, 3.63) is 28.7 Å². The van der Waals surface area contributed by atoms with Crippen molar-refractivity contribution in [2.45, 2.75) is 30.7 Å². The number of hydrogen-bond donors (Lipinski definition) is 1. The Bertz CT molecular complexity index is 547. The van der Waals surface area contributed by atoms with Crippen LogP contribution in [-0.2, 0) is 10.0 Å². The highest BCUT2D eigenvalue weighted by molar-refractivity contribution is 9.10. The number of benzene rings is 1. The fraction of sp³-hybridized carbons (Fsp3) is 0.538. The Morgan fingerprint density at radius 2 is 2.11 bits per heavy atom. The molecule has 19 heavy (non-hydrogen) atoms. The van der Waals surface area contributed by atoms with Gasteiger partial charge in [0.25, 0.3) is 0 Å². The Labute approximate surface area is 123 Å². The molecule has 1 saturated heterocycles. The fourth-order valence-corrected chi connectivity index (χ4v) is 5.38. The maximum atomic E-state index is 12.8. The highest BCUT2D eigenvalue weighted by Crippen LogP contribution is 2.31. The molecule has 1 aliphatic rings. The summed E-state index contributed by atoms with van der Waals surface area (Å²) >= 11 is 3.32. The maximum absolute atomic E-state index is 12.8. The summed E-state index contributed by atoms with van der Waals surface area (Å²) in [5.74, 6) is 0.302. The Hall–Kier alpha value is -0.430. The van der Waals surface area contributed by atoms with Gasteiger partial charge in [-0.15, -0.1) is 0 Å². The molecule has 4 nitrogen and oxygen atoms in total. The van der Waals surface area contributed by atoms with E-state index in [1.54, 1.807) is 22.5 Å². The van der Waals surface area contributed by atoms with Crippen molar-refractivity contribution in [3.8, 4) is 0 Å². The molecule has 6 heteroatoms. The predicted molar refractivity (Wildman–Crippen MR) is 79.3 cm³/mol. The van der Waals surface area contributed by atoms with E-state index in [0.717, 1.165) is 12.8 Å². The Morgan fingerprint density at radius 1 is 1.42 bits per heavy atom. The molecule has 0 amide bonds. The largest absolute Gasteiger partial charge is 0.329 e. The van der Waals surface area contributed by atoms with Crippen LogP contribution in [-0.4, -0.2) is 31.9 Å². The van der Waals surface area contributed by atoms with E-state index in [1.807, 2.05) is 6.07 Å². The maximum Gasteiger partial charge on any atom is 0.244 e. The van der Waals surface area contributed by atoms with Crippen molar-refractivity contribution in [1.29, 1.82) is 0 Å². The second kappa shape index (κ2) is 5.91. The number of sulfonamides is 1. The van der Waals surface area contributed by atoms with Crippen LogP contribution in [0.4, 0.5) is 0 Å². The molecular formula is C13H19BrN2O2S. The van der Waals surface area contributed by atoms with Crippen LogP contribution in [0.15, 0.2) is 33.6 Å². The van der Waals surface area contributed by atoms with Gasteiger partial charge < -0.3 is 5.73 Å².